The zero-order valence-corrected chi connectivity index (χ0v) is 38.3. The molecule has 25 nitrogen and oxygen atoms in total. The number of phenols is 1. The van der Waals surface area contributed by atoms with E-state index in [0.717, 1.165) is 6.92 Å². The van der Waals surface area contributed by atoms with Gasteiger partial charge in [-0.1, -0.05) is 19.9 Å². The molecule has 1 aromatic rings. The first-order chi connectivity index (χ1) is 31.3. The Balaban J connectivity index is 2.72. The molecule has 0 bridgehead atoms. The number of carboxylic acids is 2. The Hall–Kier alpha value is -6.86. The molecule has 9 amide bonds. The average molecular weight is 967 g/mol. The molecule has 7 atom stereocenters. The van der Waals surface area contributed by atoms with Crippen molar-refractivity contribution in [2.75, 3.05) is 23.8 Å². The monoisotopic (exact) mass is 966 g/mol. The van der Waals surface area contributed by atoms with Crippen LogP contribution in [-0.2, 0) is 70.0 Å². The number of nitrogens with two attached hydrogens (primary N) is 3. The van der Waals surface area contributed by atoms with Crippen LogP contribution in [0.25, 0.3) is 0 Å². The summed E-state index contributed by atoms with van der Waals surface area (Å²) in [7, 11) is -2.17. The molecule has 2 rings (SSSR count). The highest BCUT2D eigenvalue weighted by atomic mass is 32.2. The van der Waals surface area contributed by atoms with Crippen molar-refractivity contribution in [2.45, 2.75) is 127 Å². The third-order valence-corrected chi connectivity index (χ3v) is 11.5. The van der Waals surface area contributed by atoms with Gasteiger partial charge in [0.05, 0.1) is 17.9 Å². The number of hydrogen-bond donors (Lipinski definition) is 13. The van der Waals surface area contributed by atoms with Gasteiger partial charge in [-0.2, -0.15) is 0 Å². The number of carbonyl (C=O) groups excluding carboxylic acids is 9. The molecule has 0 saturated carbocycles. The number of nitrogen functional groups attached to an aromatic ring is 1. The van der Waals surface area contributed by atoms with Crippen LogP contribution in [0, 0.1) is 5.92 Å². The molecule has 1 aliphatic rings. The first kappa shape index (κ1) is 56.3. The van der Waals surface area contributed by atoms with Gasteiger partial charge in [-0.05, 0) is 69.1 Å². The molecule has 1 saturated heterocycles. The standard InChI is InChI=1S/C41H62N10O15S/c1-21(2)15-25-38(63)49-26(17-22-10-11-29(52)23(42)16-22)39(64)51-41(3,13-12-34(58)59)40(65)50-27(18-30(43)53)36(61)45-14-5-4-8-31(54)47-28(35(44)60)19-67(66)20-32(55)46-24(37(62)48-25)7-6-9-33(56)57/h10-11,16,21,24-28,52H,4-9,12-15,17-20,42H2,1-3H3,(H2,43,53)(H2,44,60)(H,45,61)(H,46,55)(H,47,54)(H,48,62)(H,49,63)(H,50,65)(H,51,64)(H,56,57)(H,58,59)/t24-,25-,26-,27-,28-,41-,67-/m0/s1. The Morgan fingerprint density at radius 2 is 1.45 bits per heavy atom. The van der Waals surface area contributed by atoms with E-state index in [4.69, 9.17) is 17.2 Å². The summed E-state index contributed by atoms with van der Waals surface area (Å²) in [5.41, 5.74) is 14.7. The van der Waals surface area contributed by atoms with Crippen molar-refractivity contribution in [2.24, 2.45) is 17.4 Å². The lowest BCUT2D eigenvalue weighted by Gasteiger charge is -2.33. The maximum atomic E-state index is 14.3. The van der Waals surface area contributed by atoms with Crippen LogP contribution in [-0.4, -0.2) is 138 Å². The van der Waals surface area contributed by atoms with Gasteiger partial charge in [0.1, 0.15) is 47.3 Å². The van der Waals surface area contributed by atoms with Crippen molar-refractivity contribution in [1.29, 1.82) is 0 Å². The van der Waals surface area contributed by atoms with Gasteiger partial charge in [0, 0.05) is 43.0 Å². The fourth-order valence-corrected chi connectivity index (χ4v) is 7.77. The Bertz CT molecular complexity index is 2050. The molecule has 1 heterocycles. The van der Waals surface area contributed by atoms with E-state index in [9.17, 15) is 72.3 Å². The van der Waals surface area contributed by atoms with Crippen molar-refractivity contribution < 1.29 is 72.3 Å². The normalized spacial score (nSPS) is 24.9. The molecule has 0 unspecified atom stereocenters. The minimum Gasteiger partial charge on any atom is -0.506 e. The van der Waals surface area contributed by atoms with Crippen molar-refractivity contribution in [3.05, 3.63) is 23.8 Å². The first-order valence-electron chi connectivity index (χ1n) is 21.3. The quantitative estimate of drug-likeness (QED) is 0.0633. The number of anilines is 1. The fourth-order valence-electron chi connectivity index (χ4n) is 6.66. The SMILES string of the molecule is CC(C)C[C@@H]1NC(=O)[C@H](CCCC(=O)O)NC(=O)C[S@@](=O)C[C@@H](C(N)=O)NC(=O)CCCCNC(=O)[C@H](CC(N)=O)NC(=O)[C@](C)(CCC(=O)O)NC(=O)[C@H](Cc2ccc(O)c(N)c2)NC1=O. The van der Waals surface area contributed by atoms with Gasteiger partial charge in [-0.3, -0.25) is 56.9 Å². The van der Waals surface area contributed by atoms with Gasteiger partial charge in [-0.25, -0.2) is 0 Å². The van der Waals surface area contributed by atoms with Gasteiger partial charge >= 0.3 is 11.9 Å². The van der Waals surface area contributed by atoms with Crippen LogP contribution in [0.1, 0.15) is 90.5 Å². The number of primary amides is 2. The van der Waals surface area contributed by atoms with Crippen molar-refractivity contribution in [3.63, 3.8) is 0 Å². The predicted molar refractivity (Wildman–Crippen MR) is 238 cm³/mol. The summed E-state index contributed by atoms with van der Waals surface area (Å²) in [5, 5.41) is 46.0. The molecule has 1 aromatic carbocycles. The molecular weight excluding hydrogens is 905 g/mol. The maximum Gasteiger partial charge on any atom is 0.303 e. The lowest BCUT2D eigenvalue weighted by molar-refractivity contribution is -0.141. The number of nitrogens with one attached hydrogen (secondary N) is 7. The number of benzene rings is 1. The summed E-state index contributed by atoms with van der Waals surface area (Å²) in [4.78, 5) is 143. The van der Waals surface area contributed by atoms with Crippen LogP contribution >= 0.6 is 0 Å². The van der Waals surface area contributed by atoms with E-state index in [1.807, 2.05) is 0 Å². The molecule has 0 radical (unpaired) electrons. The molecule has 0 aliphatic carbocycles. The molecule has 26 heteroatoms. The molecule has 1 fully saturated rings. The van der Waals surface area contributed by atoms with Crippen molar-refractivity contribution >= 4 is 81.6 Å². The molecular formula is C41H62N10O15S. The number of phenolic OH excluding ortho intramolecular Hbond substituents is 1. The number of hydrogen-bond acceptors (Lipinski definition) is 14. The number of carbonyl (C=O) groups is 11. The van der Waals surface area contributed by atoms with E-state index in [-0.39, 0.29) is 74.4 Å². The largest absolute Gasteiger partial charge is 0.506 e. The van der Waals surface area contributed by atoms with Crippen molar-refractivity contribution in [3.8, 4) is 5.75 Å². The zero-order valence-electron chi connectivity index (χ0n) is 37.5. The first-order valence-corrected chi connectivity index (χ1v) is 22.8. The minimum atomic E-state index is -2.17. The number of rotatable bonds is 14. The molecule has 0 spiro atoms. The minimum absolute atomic E-state index is 0.0832. The molecule has 372 valence electrons. The van der Waals surface area contributed by atoms with E-state index in [2.05, 4.69) is 37.2 Å². The van der Waals surface area contributed by atoms with Crippen LogP contribution in [0.3, 0.4) is 0 Å². The van der Waals surface area contributed by atoms with E-state index in [1.54, 1.807) is 13.8 Å². The molecule has 0 aromatic heterocycles. The Labute approximate surface area is 388 Å². The molecule has 67 heavy (non-hydrogen) atoms. The Kier molecular flexibility index (Phi) is 22.6. The molecule has 16 N–H and O–H groups in total. The highest BCUT2D eigenvalue weighted by molar-refractivity contribution is 7.85. The van der Waals surface area contributed by atoms with E-state index < -0.39 is 149 Å². The number of amides is 9. The van der Waals surface area contributed by atoms with Crippen LogP contribution in [0.4, 0.5) is 5.69 Å². The smallest absolute Gasteiger partial charge is 0.303 e. The third kappa shape index (κ3) is 20.5. The zero-order chi connectivity index (χ0) is 50.6. The highest BCUT2D eigenvalue weighted by Gasteiger charge is 2.40. The van der Waals surface area contributed by atoms with Crippen molar-refractivity contribution in [1.82, 2.24) is 37.2 Å². The van der Waals surface area contributed by atoms with Gasteiger partial charge < -0.3 is 69.7 Å². The van der Waals surface area contributed by atoms with Crippen LogP contribution in [0.15, 0.2) is 18.2 Å². The lowest BCUT2D eigenvalue weighted by Crippen LogP contribution is -2.64. The summed E-state index contributed by atoms with van der Waals surface area (Å²) >= 11 is 0. The second-order valence-electron chi connectivity index (χ2n) is 16.7. The van der Waals surface area contributed by atoms with Crippen LogP contribution < -0.4 is 54.4 Å². The summed E-state index contributed by atoms with van der Waals surface area (Å²) in [6.07, 6.45) is -3.35. The predicted octanol–water partition coefficient (Wildman–Crippen LogP) is -3.61. The van der Waals surface area contributed by atoms with Gasteiger partial charge in [0.15, 0.2) is 0 Å². The fraction of sp³-hybridized carbons (Fsp3) is 0.585. The number of carboxylic acid groups (broad SMARTS) is 2. The van der Waals surface area contributed by atoms with E-state index >= 15 is 0 Å². The Morgan fingerprint density at radius 3 is 2.04 bits per heavy atom. The number of aliphatic carboxylic acids is 2. The molecule has 1 aliphatic heterocycles. The van der Waals surface area contributed by atoms with E-state index in [0.29, 0.717) is 0 Å². The lowest BCUT2D eigenvalue weighted by atomic mass is 9.92. The summed E-state index contributed by atoms with van der Waals surface area (Å²) < 4.78 is 13.1. The summed E-state index contributed by atoms with van der Waals surface area (Å²) in [5.74, 6) is -13.5. The van der Waals surface area contributed by atoms with Gasteiger partial charge in [0.2, 0.25) is 53.2 Å². The van der Waals surface area contributed by atoms with Crippen LogP contribution in [0.5, 0.6) is 5.75 Å². The summed E-state index contributed by atoms with van der Waals surface area (Å²) in [6.45, 7) is 4.42. The average Bonchev–Trinajstić information content (AvgIpc) is 3.21. The number of aromatic hydroxyl groups is 1. The maximum absolute atomic E-state index is 14.3. The van der Waals surface area contributed by atoms with Gasteiger partial charge in [-0.15, -0.1) is 0 Å². The third-order valence-electron chi connectivity index (χ3n) is 10.3. The topological polar surface area (TPSA) is 428 Å². The summed E-state index contributed by atoms with van der Waals surface area (Å²) in [6, 6.07) is -3.87. The Morgan fingerprint density at radius 1 is 0.806 bits per heavy atom. The van der Waals surface area contributed by atoms with Crippen LogP contribution in [0.2, 0.25) is 0 Å². The van der Waals surface area contributed by atoms with E-state index in [1.165, 1.54) is 18.2 Å². The second kappa shape index (κ2) is 26.9. The second-order valence-corrected chi connectivity index (χ2v) is 18.2. The van der Waals surface area contributed by atoms with Gasteiger partial charge in [0.25, 0.3) is 0 Å². The highest BCUT2D eigenvalue weighted by Crippen LogP contribution is 2.22.